The molecular formula is C14H19BrClN3. The van der Waals surface area contributed by atoms with Crippen LogP contribution < -0.4 is 5.32 Å². The van der Waals surface area contributed by atoms with Crippen molar-refractivity contribution in [2.24, 2.45) is 11.8 Å². The van der Waals surface area contributed by atoms with Gasteiger partial charge in [-0.25, -0.2) is 10.2 Å². The van der Waals surface area contributed by atoms with Crippen molar-refractivity contribution in [1.82, 2.24) is 4.98 Å². The van der Waals surface area contributed by atoms with E-state index in [4.69, 9.17) is 16.9 Å². The molecular weight excluding hydrogens is 326 g/mol. The number of nitriles is 1. The molecule has 104 valence electrons. The Morgan fingerprint density at radius 3 is 2.63 bits per heavy atom. The topological polar surface area (TPSA) is 48.7 Å². The molecule has 1 N–H and O–H groups in total. The van der Waals surface area contributed by atoms with Crippen LogP contribution in [0.15, 0.2) is 16.7 Å². The number of pyridine rings is 1. The zero-order chi connectivity index (χ0) is 14.3. The van der Waals surface area contributed by atoms with Gasteiger partial charge in [0.15, 0.2) is 0 Å². The van der Waals surface area contributed by atoms with Gasteiger partial charge in [0.25, 0.3) is 0 Å². The van der Waals surface area contributed by atoms with Gasteiger partial charge in [-0.15, -0.1) is 0 Å². The van der Waals surface area contributed by atoms with Crippen LogP contribution in [0.2, 0.25) is 5.02 Å². The summed E-state index contributed by atoms with van der Waals surface area (Å²) in [6.07, 6.45) is 7.13. The van der Waals surface area contributed by atoms with Crippen molar-refractivity contribution in [3.8, 4) is 6.57 Å². The third-order valence-electron chi connectivity index (χ3n) is 3.52. The highest BCUT2D eigenvalue weighted by molar-refractivity contribution is 9.10. The van der Waals surface area contributed by atoms with Crippen molar-refractivity contribution in [3.05, 3.63) is 21.8 Å². The number of anilines is 1. The first kappa shape index (κ1) is 16.3. The minimum absolute atomic E-state index is 0.708. The van der Waals surface area contributed by atoms with Gasteiger partial charge < -0.3 is 5.32 Å². The maximum atomic E-state index is 6.50. The second-order valence-corrected chi connectivity index (χ2v) is 6.25. The van der Waals surface area contributed by atoms with Crippen molar-refractivity contribution in [2.75, 3.05) is 11.9 Å². The van der Waals surface area contributed by atoms with E-state index in [0.717, 1.165) is 28.7 Å². The Morgan fingerprint density at radius 1 is 1.42 bits per heavy atom. The van der Waals surface area contributed by atoms with E-state index >= 15 is 0 Å². The molecule has 19 heavy (non-hydrogen) atoms. The second-order valence-electron chi connectivity index (χ2n) is 4.99. The summed E-state index contributed by atoms with van der Waals surface area (Å²) in [5.74, 6) is 2.57. The normalized spacial score (nSPS) is 22.2. The van der Waals surface area contributed by atoms with Crippen LogP contribution in [-0.2, 0) is 0 Å². The summed E-state index contributed by atoms with van der Waals surface area (Å²) in [4.78, 5) is 4.30. The fourth-order valence-corrected chi connectivity index (χ4v) is 2.66. The highest BCUT2D eigenvalue weighted by atomic mass is 79.9. The van der Waals surface area contributed by atoms with Crippen LogP contribution in [0.3, 0.4) is 0 Å². The van der Waals surface area contributed by atoms with Gasteiger partial charge in [0.2, 0.25) is 0 Å². The Labute approximate surface area is 128 Å². The molecule has 0 unspecified atom stereocenters. The van der Waals surface area contributed by atoms with Crippen LogP contribution in [0, 0.1) is 23.7 Å². The van der Waals surface area contributed by atoms with Crippen LogP contribution in [0.4, 0.5) is 5.82 Å². The summed E-state index contributed by atoms with van der Waals surface area (Å²) in [5.41, 5.74) is 0. The molecule has 0 radical (unpaired) electrons. The Balaban J connectivity index is 0.000000861. The number of aromatic nitrogens is 1. The second kappa shape index (κ2) is 8.39. The van der Waals surface area contributed by atoms with Gasteiger partial charge in [0.05, 0.1) is 9.50 Å². The Kier molecular flexibility index (Phi) is 7.19. The molecule has 0 amide bonds. The van der Waals surface area contributed by atoms with E-state index in [1.54, 1.807) is 6.20 Å². The SMILES string of the molecule is C#N.CC1CCC(CNc2cc(Cl)c(Br)cn2)CC1. The number of nitrogens with one attached hydrogen (secondary N) is 1. The van der Waals surface area contributed by atoms with E-state index in [0.29, 0.717) is 5.02 Å². The van der Waals surface area contributed by atoms with Gasteiger partial charge in [-0.05, 0) is 40.6 Å². The smallest absolute Gasteiger partial charge is 0.127 e. The predicted molar refractivity (Wildman–Crippen MR) is 83.2 cm³/mol. The van der Waals surface area contributed by atoms with Gasteiger partial charge in [-0.2, -0.15) is 0 Å². The zero-order valence-corrected chi connectivity index (χ0v) is 13.4. The van der Waals surface area contributed by atoms with Gasteiger partial charge in [-0.3, -0.25) is 0 Å². The first-order valence-corrected chi connectivity index (χ1v) is 7.63. The predicted octanol–water partition coefficient (Wildman–Crippen LogP) is 4.88. The highest BCUT2D eigenvalue weighted by Crippen LogP contribution is 2.29. The third kappa shape index (κ3) is 5.38. The van der Waals surface area contributed by atoms with Crippen molar-refractivity contribution in [3.63, 3.8) is 0 Å². The molecule has 0 saturated heterocycles. The molecule has 0 aliphatic heterocycles. The molecule has 0 spiro atoms. The van der Waals surface area contributed by atoms with E-state index < -0.39 is 0 Å². The Hall–Kier alpha value is -0.790. The average molecular weight is 345 g/mol. The van der Waals surface area contributed by atoms with Crippen molar-refractivity contribution in [1.29, 1.82) is 5.26 Å². The Morgan fingerprint density at radius 2 is 2.05 bits per heavy atom. The monoisotopic (exact) mass is 343 g/mol. The molecule has 1 aliphatic carbocycles. The molecule has 1 aromatic rings. The lowest BCUT2D eigenvalue weighted by atomic mass is 9.83. The van der Waals surface area contributed by atoms with E-state index in [2.05, 4.69) is 39.7 Å². The number of nitrogens with zero attached hydrogens (tertiary/aromatic N) is 2. The molecule has 1 aliphatic rings. The number of rotatable bonds is 3. The van der Waals surface area contributed by atoms with Gasteiger partial charge in [0.1, 0.15) is 5.82 Å². The van der Waals surface area contributed by atoms with Crippen LogP contribution in [-0.4, -0.2) is 11.5 Å². The number of hydrogen-bond acceptors (Lipinski definition) is 3. The summed E-state index contributed by atoms with van der Waals surface area (Å²) in [7, 11) is 0. The molecule has 1 saturated carbocycles. The molecule has 5 heteroatoms. The molecule has 0 aromatic carbocycles. The van der Waals surface area contributed by atoms with Crippen molar-refractivity contribution >= 4 is 33.3 Å². The van der Waals surface area contributed by atoms with Crippen molar-refractivity contribution in [2.45, 2.75) is 32.6 Å². The third-order valence-corrected chi connectivity index (χ3v) is 4.69. The first-order chi connectivity index (χ1) is 9.15. The van der Waals surface area contributed by atoms with E-state index in [9.17, 15) is 0 Å². The maximum absolute atomic E-state index is 6.50. The van der Waals surface area contributed by atoms with E-state index in [-0.39, 0.29) is 0 Å². The standard InChI is InChI=1S/C13H18BrClN2.CHN/c1-9-2-4-10(5-3-9)7-16-13-6-12(15)11(14)8-17-13;1-2/h6,8-10H,2-5,7H2,1H3,(H,16,17);1H. The summed E-state index contributed by atoms with van der Waals surface area (Å²) in [6.45, 7) is 6.86. The molecule has 0 atom stereocenters. The summed E-state index contributed by atoms with van der Waals surface area (Å²) >= 11 is 9.37. The minimum Gasteiger partial charge on any atom is -0.370 e. The first-order valence-electron chi connectivity index (χ1n) is 6.46. The van der Waals surface area contributed by atoms with E-state index in [1.807, 2.05) is 6.07 Å². The molecule has 1 heterocycles. The molecule has 3 nitrogen and oxygen atoms in total. The van der Waals surface area contributed by atoms with Crippen molar-refractivity contribution < 1.29 is 0 Å². The van der Waals surface area contributed by atoms with Gasteiger partial charge >= 0.3 is 0 Å². The fourth-order valence-electron chi connectivity index (χ4n) is 2.29. The zero-order valence-electron chi connectivity index (χ0n) is 11.1. The molecule has 1 aromatic heterocycles. The van der Waals surface area contributed by atoms with Gasteiger partial charge in [-0.1, -0.05) is 31.4 Å². The average Bonchev–Trinajstić information content (AvgIpc) is 2.44. The number of halogens is 2. The molecule has 1 fully saturated rings. The largest absolute Gasteiger partial charge is 0.370 e. The van der Waals surface area contributed by atoms with Crippen LogP contribution >= 0.6 is 27.5 Å². The maximum Gasteiger partial charge on any atom is 0.127 e. The summed E-state index contributed by atoms with van der Waals surface area (Å²) in [5, 5.41) is 10.6. The van der Waals surface area contributed by atoms with Gasteiger partial charge in [0, 0.05) is 25.4 Å². The summed E-state index contributed by atoms with van der Waals surface area (Å²) < 4.78 is 0.844. The minimum atomic E-state index is 0.708. The lowest BCUT2D eigenvalue weighted by Gasteiger charge is -2.26. The lowest BCUT2D eigenvalue weighted by molar-refractivity contribution is 0.300. The van der Waals surface area contributed by atoms with Crippen LogP contribution in [0.25, 0.3) is 0 Å². The molecule has 2 rings (SSSR count). The fraction of sp³-hybridized carbons (Fsp3) is 0.571. The number of hydrogen-bond donors (Lipinski definition) is 1. The highest BCUT2D eigenvalue weighted by Gasteiger charge is 2.17. The summed E-state index contributed by atoms with van der Waals surface area (Å²) in [6, 6.07) is 1.87. The Bertz CT molecular complexity index is 414. The quantitative estimate of drug-likeness (QED) is 0.850. The lowest BCUT2D eigenvalue weighted by Crippen LogP contribution is -2.20. The van der Waals surface area contributed by atoms with Crippen LogP contribution in [0.1, 0.15) is 32.6 Å². The van der Waals surface area contributed by atoms with Crippen LogP contribution in [0.5, 0.6) is 0 Å². The molecule has 0 bridgehead atoms. The van der Waals surface area contributed by atoms with E-state index in [1.165, 1.54) is 25.7 Å².